The summed E-state index contributed by atoms with van der Waals surface area (Å²) in [5.74, 6) is 1.50. The van der Waals surface area contributed by atoms with Gasteiger partial charge in [0.15, 0.2) is 0 Å². The first-order valence-electron chi connectivity index (χ1n) is 11.6. The molecule has 4 heterocycles. The fourth-order valence-electron chi connectivity index (χ4n) is 5.41. The van der Waals surface area contributed by atoms with Crippen molar-refractivity contribution in [2.75, 3.05) is 31.1 Å². The van der Waals surface area contributed by atoms with Crippen LogP contribution in [0, 0.1) is 0 Å². The van der Waals surface area contributed by atoms with E-state index in [4.69, 9.17) is 25.5 Å². The summed E-state index contributed by atoms with van der Waals surface area (Å²) in [7, 11) is 0. The van der Waals surface area contributed by atoms with Crippen LogP contribution in [-0.2, 0) is 11.3 Å². The second-order valence-electron chi connectivity index (χ2n) is 9.37. The summed E-state index contributed by atoms with van der Waals surface area (Å²) in [5.41, 5.74) is 2.37. The average Bonchev–Trinajstić information content (AvgIpc) is 3.20. The first-order valence-corrected chi connectivity index (χ1v) is 12.0. The van der Waals surface area contributed by atoms with Gasteiger partial charge in [0.05, 0.1) is 6.61 Å². The molecular formula is C23H29ClN4O3. The summed E-state index contributed by atoms with van der Waals surface area (Å²) in [6.07, 6.45) is 7.97. The predicted molar refractivity (Wildman–Crippen MR) is 117 cm³/mol. The third-order valence-corrected chi connectivity index (χ3v) is 7.76. The van der Waals surface area contributed by atoms with Gasteiger partial charge in [-0.2, -0.15) is 0 Å². The van der Waals surface area contributed by atoms with Crippen LogP contribution in [0.25, 0.3) is 0 Å². The third kappa shape index (κ3) is 3.81. The molecule has 0 radical (unpaired) electrons. The van der Waals surface area contributed by atoms with Gasteiger partial charge >= 0.3 is 5.35 Å². The van der Waals surface area contributed by atoms with E-state index in [-0.39, 0.29) is 11.3 Å². The fraction of sp³-hybridized carbons (Fsp3) is 0.652. The van der Waals surface area contributed by atoms with E-state index in [2.05, 4.69) is 38.2 Å². The third-order valence-electron chi connectivity index (χ3n) is 7.61. The normalized spacial score (nSPS) is 24.6. The molecule has 4 aliphatic rings. The van der Waals surface area contributed by atoms with Crippen LogP contribution in [0.4, 0.5) is 5.69 Å². The number of piperidine rings is 2. The highest BCUT2D eigenvalue weighted by atomic mass is 35.5. The van der Waals surface area contributed by atoms with E-state index in [1.165, 1.54) is 24.9 Å². The van der Waals surface area contributed by atoms with Gasteiger partial charge in [-0.25, -0.2) is 0 Å². The van der Waals surface area contributed by atoms with Crippen molar-refractivity contribution in [1.82, 2.24) is 15.1 Å². The van der Waals surface area contributed by atoms with Crippen LogP contribution in [-0.4, -0.2) is 53.1 Å². The van der Waals surface area contributed by atoms with Crippen molar-refractivity contribution in [2.45, 2.75) is 69.3 Å². The first-order chi connectivity index (χ1) is 15.2. The molecule has 2 aromatic rings. The van der Waals surface area contributed by atoms with Gasteiger partial charge in [0.2, 0.25) is 11.7 Å². The maximum atomic E-state index is 6.45. The van der Waals surface area contributed by atoms with Gasteiger partial charge in [-0.15, -0.1) is 5.10 Å². The van der Waals surface area contributed by atoms with Crippen LogP contribution in [0.2, 0.25) is 5.35 Å². The molecule has 3 fully saturated rings. The highest BCUT2D eigenvalue weighted by Gasteiger charge is 2.42. The van der Waals surface area contributed by atoms with E-state index in [9.17, 15) is 0 Å². The minimum Gasteiger partial charge on any atom is -0.462 e. The average molecular weight is 445 g/mol. The van der Waals surface area contributed by atoms with Gasteiger partial charge in [0.25, 0.3) is 0 Å². The molecule has 0 unspecified atom stereocenters. The number of benzene rings is 1. The number of aromatic nitrogens is 2. The van der Waals surface area contributed by atoms with Crippen LogP contribution < -0.4 is 9.64 Å². The molecular weight excluding hydrogens is 416 g/mol. The smallest absolute Gasteiger partial charge is 0.312 e. The van der Waals surface area contributed by atoms with Gasteiger partial charge in [-0.05, 0) is 55.5 Å². The molecule has 166 valence electrons. The second-order valence-corrected chi connectivity index (χ2v) is 9.69. The van der Waals surface area contributed by atoms with Crippen molar-refractivity contribution in [3.8, 4) is 5.75 Å². The number of hydrogen-bond acceptors (Lipinski definition) is 7. The zero-order chi connectivity index (χ0) is 20.8. The van der Waals surface area contributed by atoms with Crippen molar-refractivity contribution >= 4 is 17.3 Å². The van der Waals surface area contributed by atoms with Gasteiger partial charge in [0, 0.05) is 62.2 Å². The quantitative estimate of drug-likeness (QED) is 0.696. The Morgan fingerprint density at radius 2 is 1.81 bits per heavy atom. The maximum absolute atomic E-state index is 6.45. The Labute approximate surface area is 187 Å². The molecule has 1 aliphatic carbocycles. The monoisotopic (exact) mass is 444 g/mol. The summed E-state index contributed by atoms with van der Waals surface area (Å²) < 4.78 is 18.2. The van der Waals surface area contributed by atoms with Gasteiger partial charge < -0.3 is 18.8 Å². The Bertz CT molecular complexity index is 931. The van der Waals surface area contributed by atoms with Crippen LogP contribution in [0.15, 0.2) is 22.6 Å². The number of nitrogens with zero attached hydrogens (tertiary/aromatic N) is 4. The number of halogens is 1. The lowest BCUT2D eigenvalue weighted by Gasteiger charge is -2.47. The lowest BCUT2D eigenvalue weighted by molar-refractivity contribution is -0.231. The highest BCUT2D eigenvalue weighted by molar-refractivity contribution is 6.27. The summed E-state index contributed by atoms with van der Waals surface area (Å²) in [6.45, 7) is 4.69. The molecule has 7 nitrogen and oxygen atoms in total. The lowest BCUT2D eigenvalue weighted by atomic mass is 9.89. The van der Waals surface area contributed by atoms with E-state index in [0.29, 0.717) is 12.5 Å². The predicted octanol–water partition coefficient (Wildman–Crippen LogP) is 4.36. The van der Waals surface area contributed by atoms with Gasteiger partial charge in [-0.3, -0.25) is 4.90 Å². The van der Waals surface area contributed by atoms with Crippen LogP contribution >= 0.6 is 11.6 Å². The first kappa shape index (κ1) is 19.8. The number of ether oxygens (including phenoxy) is 2. The summed E-state index contributed by atoms with van der Waals surface area (Å²) >= 11 is 5.78. The van der Waals surface area contributed by atoms with E-state index >= 15 is 0 Å². The standard InChI is InChI=1S/C23H29ClN4O3/c24-22-26-25-21(30-22)16-6-10-27(11-7-16)19-4-5-20-17(14-19)15-29-23(31-20)8-12-28(13-9-23)18-2-1-3-18/h4-5,14,16,18H,1-3,6-13,15H2. The molecule has 1 saturated carbocycles. The van der Waals surface area contributed by atoms with Crippen molar-refractivity contribution in [2.24, 2.45) is 0 Å². The zero-order valence-electron chi connectivity index (χ0n) is 17.8. The molecule has 0 atom stereocenters. The van der Waals surface area contributed by atoms with Crippen LogP contribution in [0.3, 0.4) is 0 Å². The van der Waals surface area contributed by atoms with E-state index in [1.54, 1.807) is 0 Å². The second kappa shape index (κ2) is 7.94. The zero-order valence-corrected chi connectivity index (χ0v) is 18.5. The highest BCUT2D eigenvalue weighted by Crippen LogP contribution is 2.41. The maximum Gasteiger partial charge on any atom is 0.312 e. The topological polar surface area (TPSA) is 63.9 Å². The molecule has 6 rings (SSSR count). The molecule has 8 heteroatoms. The molecule has 1 spiro atoms. The lowest BCUT2D eigenvalue weighted by Crippen LogP contribution is -2.54. The number of likely N-dealkylation sites (tertiary alicyclic amines) is 1. The van der Waals surface area contributed by atoms with Gasteiger partial charge in [0.1, 0.15) is 5.75 Å². The Morgan fingerprint density at radius 1 is 1.00 bits per heavy atom. The van der Waals surface area contributed by atoms with E-state index < -0.39 is 5.79 Å². The SMILES string of the molecule is Clc1nnc(C2CCN(c3ccc4c(c3)COC3(CCN(C5CCC5)CC3)O4)CC2)o1. The van der Waals surface area contributed by atoms with Crippen LogP contribution in [0.1, 0.15) is 62.3 Å². The number of anilines is 1. The van der Waals surface area contributed by atoms with Gasteiger partial charge in [-0.1, -0.05) is 11.5 Å². The Morgan fingerprint density at radius 3 is 2.48 bits per heavy atom. The summed E-state index contributed by atoms with van der Waals surface area (Å²) in [4.78, 5) is 5.04. The van der Waals surface area contributed by atoms with Crippen molar-refractivity contribution in [3.05, 3.63) is 35.0 Å². The number of fused-ring (bicyclic) bond motifs is 1. The van der Waals surface area contributed by atoms with E-state index in [1.807, 2.05) is 0 Å². The summed E-state index contributed by atoms with van der Waals surface area (Å²) in [5, 5.41) is 7.96. The van der Waals surface area contributed by atoms with E-state index in [0.717, 1.165) is 69.2 Å². The molecule has 31 heavy (non-hydrogen) atoms. The Hall–Kier alpha value is -1.83. The molecule has 0 amide bonds. The fourth-order valence-corrected chi connectivity index (χ4v) is 5.52. The number of hydrogen-bond donors (Lipinski definition) is 0. The van der Waals surface area contributed by atoms with Crippen molar-refractivity contribution < 1.29 is 13.9 Å². The molecule has 2 saturated heterocycles. The molecule has 1 aromatic heterocycles. The molecule has 0 bridgehead atoms. The molecule has 1 aromatic carbocycles. The Balaban J connectivity index is 1.08. The van der Waals surface area contributed by atoms with Crippen molar-refractivity contribution in [1.29, 1.82) is 0 Å². The minimum absolute atomic E-state index is 0.124. The molecule has 0 N–H and O–H groups in total. The molecule has 3 aliphatic heterocycles. The van der Waals surface area contributed by atoms with Crippen molar-refractivity contribution in [3.63, 3.8) is 0 Å². The van der Waals surface area contributed by atoms with Crippen LogP contribution in [0.5, 0.6) is 5.75 Å². The number of rotatable bonds is 3. The Kier molecular flexibility index (Phi) is 5.08. The largest absolute Gasteiger partial charge is 0.462 e. The summed E-state index contributed by atoms with van der Waals surface area (Å²) in [6, 6.07) is 7.36. The minimum atomic E-state index is -0.432.